The Bertz CT molecular complexity index is 440. The molecule has 0 saturated heterocycles. The summed E-state index contributed by atoms with van der Waals surface area (Å²) in [5, 5.41) is 0. The fraction of sp³-hybridized carbons (Fsp3) is 0.739. The fourth-order valence-corrected chi connectivity index (χ4v) is 7.49. The van der Waals surface area contributed by atoms with E-state index in [1.165, 1.54) is 81.5 Å². The van der Waals surface area contributed by atoms with Crippen LogP contribution < -0.4 is 0 Å². The van der Waals surface area contributed by atoms with E-state index in [1.54, 1.807) is 0 Å². The predicted molar refractivity (Wildman–Crippen MR) is 113 cm³/mol. The van der Waals surface area contributed by atoms with E-state index in [4.69, 9.17) is 4.43 Å². The van der Waals surface area contributed by atoms with Crippen LogP contribution in [-0.4, -0.2) is 14.4 Å². The molecule has 1 saturated carbocycles. The molecular formula is C23H40OSi. The second kappa shape index (κ2) is 11.2. The van der Waals surface area contributed by atoms with Crippen LogP contribution in [0.4, 0.5) is 0 Å². The predicted octanol–water partition coefficient (Wildman–Crippen LogP) is 7.37. The van der Waals surface area contributed by atoms with Gasteiger partial charge in [-0.2, -0.15) is 0 Å². The second-order valence-electron chi connectivity index (χ2n) is 8.03. The minimum Gasteiger partial charge on any atom is -0.414 e. The zero-order valence-electron chi connectivity index (χ0n) is 16.9. The Hall–Kier alpha value is -0.603. The molecule has 1 fully saturated rings. The van der Waals surface area contributed by atoms with Crippen LogP contribution in [-0.2, 0) is 10.8 Å². The van der Waals surface area contributed by atoms with E-state index >= 15 is 0 Å². The summed E-state index contributed by atoms with van der Waals surface area (Å²) in [6, 6.07) is 14.8. The first-order valence-corrected chi connectivity index (χ1v) is 13.5. The summed E-state index contributed by atoms with van der Waals surface area (Å²) in [6.07, 6.45) is 12.8. The Morgan fingerprint density at radius 3 is 2.16 bits per heavy atom. The van der Waals surface area contributed by atoms with Crippen molar-refractivity contribution >= 4 is 8.32 Å². The van der Waals surface area contributed by atoms with Gasteiger partial charge in [0, 0.05) is 6.10 Å². The number of rotatable bonds is 11. The van der Waals surface area contributed by atoms with Crippen LogP contribution in [0.2, 0.25) is 18.1 Å². The lowest BCUT2D eigenvalue weighted by molar-refractivity contribution is 0.0865. The van der Waals surface area contributed by atoms with Crippen molar-refractivity contribution in [2.24, 2.45) is 5.92 Å². The van der Waals surface area contributed by atoms with Crippen molar-refractivity contribution in [1.29, 1.82) is 0 Å². The Kier molecular flexibility index (Phi) is 9.26. The highest BCUT2D eigenvalue weighted by Gasteiger charge is 2.35. The van der Waals surface area contributed by atoms with Gasteiger partial charge in [0.05, 0.1) is 0 Å². The van der Waals surface area contributed by atoms with Crippen molar-refractivity contribution in [3.63, 3.8) is 0 Å². The van der Waals surface area contributed by atoms with Gasteiger partial charge in [0.1, 0.15) is 0 Å². The lowest BCUT2D eigenvalue weighted by atomic mass is 9.83. The highest BCUT2D eigenvalue weighted by atomic mass is 28.4. The third kappa shape index (κ3) is 6.56. The molecule has 0 N–H and O–H groups in total. The summed E-state index contributed by atoms with van der Waals surface area (Å²) in [4.78, 5) is 0. The van der Waals surface area contributed by atoms with Crippen LogP contribution in [0.15, 0.2) is 30.3 Å². The highest BCUT2D eigenvalue weighted by molar-refractivity contribution is 6.73. The molecule has 1 aromatic rings. The maximum Gasteiger partial charge on any atom is 0.192 e. The molecule has 0 aromatic heterocycles. The Morgan fingerprint density at radius 1 is 0.920 bits per heavy atom. The standard InChI is InChI=1S/C23H40OSi/c1-4-25(5-2,6-3)24-23(22-18-11-8-12-19-22)20-14-13-17-21-15-9-7-10-16-21/h7,9-10,15-16,22-23H,4-6,8,11-14,17-20H2,1-3H3. The average Bonchev–Trinajstić information content (AvgIpc) is 2.69. The molecule has 1 nitrogen and oxygen atoms in total. The number of benzene rings is 1. The third-order valence-electron chi connectivity index (χ3n) is 6.56. The van der Waals surface area contributed by atoms with E-state index in [9.17, 15) is 0 Å². The van der Waals surface area contributed by atoms with Gasteiger partial charge >= 0.3 is 0 Å². The molecule has 25 heavy (non-hydrogen) atoms. The van der Waals surface area contributed by atoms with E-state index in [0.29, 0.717) is 6.10 Å². The average molecular weight is 361 g/mol. The second-order valence-corrected chi connectivity index (χ2v) is 12.8. The number of hydrogen-bond acceptors (Lipinski definition) is 1. The van der Waals surface area contributed by atoms with Gasteiger partial charge in [-0.15, -0.1) is 0 Å². The molecule has 0 aliphatic heterocycles. The van der Waals surface area contributed by atoms with E-state index in [2.05, 4.69) is 51.1 Å². The minimum atomic E-state index is -1.49. The summed E-state index contributed by atoms with van der Waals surface area (Å²) in [6.45, 7) is 7.10. The van der Waals surface area contributed by atoms with Crippen molar-refractivity contribution in [2.45, 2.75) is 103 Å². The van der Waals surface area contributed by atoms with E-state index in [1.807, 2.05) is 0 Å². The maximum absolute atomic E-state index is 7.02. The molecule has 2 rings (SSSR count). The maximum atomic E-state index is 7.02. The monoisotopic (exact) mass is 360 g/mol. The summed E-state index contributed by atoms with van der Waals surface area (Å²) in [5.41, 5.74) is 1.48. The van der Waals surface area contributed by atoms with Crippen molar-refractivity contribution in [2.75, 3.05) is 0 Å². The normalized spacial score (nSPS) is 17.6. The molecule has 0 radical (unpaired) electrons. The molecule has 0 amide bonds. The van der Waals surface area contributed by atoms with Crippen molar-refractivity contribution in [3.8, 4) is 0 Å². The highest BCUT2D eigenvalue weighted by Crippen LogP contribution is 2.34. The smallest absolute Gasteiger partial charge is 0.192 e. The Labute approximate surface area is 157 Å². The summed E-state index contributed by atoms with van der Waals surface area (Å²) < 4.78 is 7.02. The number of unbranched alkanes of at least 4 members (excludes halogenated alkanes) is 1. The van der Waals surface area contributed by atoms with Gasteiger partial charge in [0.15, 0.2) is 8.32 Å². The molecule has 0 bridgehead atoms. The largest absolute Gasteiger partial charge is 0.414 e. The van der Waals surface area contributed by atoms with E-state index in [-0.39, 0.29) is 0 Å². The SMILES string of the molecule is CC[Si](CC)(CC)OC(CCCCc1ccccc1)C1CCCCC1. The van der Waals surface area contributed by atoms with Crippen LogP contribution in [0.25, 0.3) is 0 Å². The first kappa shape index (κ1) is 20.7. The molecule has 1 aliphatic rings. The molecule has 142 valence electrons. The van der Waals surface area contributed by atoms with E-state index in [0.717, 1.165) is 5.92 Å². The van der Waals surface area contributed by atoms with Crippen molar-refractivity contribution in [1.82, 2.24) is 0 Å². The topological polar surface area (TPSA) is 9.23 Å². The molecule has 0 heterocycles. The molecular weight excluding hydrogens is 320 g/mol. The molecule has 1 atom stereocenters. The quantitative estimate of drug-likeness (QED) is 0.295. The van der Waals surface area contributed by atoms with Crippen molar-refractivity contribution in [3.05, 3.63) is 35.9 Å². The Balaban J connectivity index is 1.89. The van der Waals surface area contributed by atoms with Gasteiger partial charge in [-0.25, -0.2) is 0 Å². The number of aryl methyl sites for hydroxylation is 1. The van der Waals surface area contributed by atoms with Gasteiger partial charge in [-0.05, 0) is 61.7 Å². The fourth-order valence-electron chi connectivity index (χ4n) is 4.54. The Morgan fingerprint density at radius 2 is 1.56 bits per heavy atom. The summed E-state index contributed by atoms with van der Waals surface area (Å²) in [7, 11) is -1.49. The van der Waals surface area contributed by atoms with E-state index < -0.39 is 8.32 Å². The molecule has 2 heteroatoms. The first-order chi connectivity index (χ1) is 12.2. The molecule has 1 aromatic carbocycles. The van der Waals surface area contributed by atoms with Crippen LogP contribution in [0, 0.1) is 5.92 Å². The van der Waals surface area contributed by atoms with Gasteiger partial charge in [0.25, 0.3) is 0 Å². The summed E-state index contributed by atoms with van der Waals surface area (Å²) >= 11 is 0. The molecule has 1 aliphatic carbocycles. The van der Waals surface area contributed by atoms with Gasteiger partial charge in [-0.3, -0.25) is 0 Å². The van der Waals surface area contributed by atoms with Crippen molar-refractivity contribution < 1.29 is 4.43 Å². The first-order valence-electron chi connectivity index (χ1n) is 10.9. The molecule has 0 spiro atoms. The van der Waals surface area contributed by atoms with Crippen LogP contribution in [0.3, 0.4) is 0 Å². The number of hydrogen-bond donors (Lipinski definition) is 0. The zero-order valence-corrected chi connectivity index (χ0v) is 17.9. The van der Waals surface area contributed by atoms with Crippen LogP contribution in [0.1, 0.15) is 77.7 Å². The zero-order chi connectivity index (χ0) is 18.0. The lowest BCUT2D eigenvalue weighted by Gasteiger charge is -2.38. The van der Waals surface area contributed by atoms with Gasteiger partial charge < -0.3 is 4.43 Å². The minimum absolute atomic E-state index is 0.544. The van der Waals surface area contributed by atoms with Gasteiger partial charge in [-0.1, -0.05) is 76.8 Å². The van der Waals surface area contributed by atoms with Crippen LogP contribution in [0.5, 0.6) is 0 Å². The summed E-state index contributed by atoms with van der Waals surface area (Å²) in [5.74, 6) is 0.835. The molecule has 1 unspecified atom stereocenters. The third-order valence-corrected chi connectivity index (χ3v) is 11.2. The van der Waals surface area contributed by atoms with Crippen LogP contribution >= 0.6 is 0 Å². The van der Waals surface area contributed by atoms with Gasteiger partial charge in [0.2, 0.25) is 0 Å². The lowest BCUT2D eigenvalue weighted by Crippen LogP contribution is -2.43.